The zero-order valence-corrected chi connectivity index (χ0v) is 15.2. The van der Waals surface area contributed by atoms with Crippen molar-refractivity contribution in [2.24, 2.45) is 0 Å². The van der Waals surface area contributed by atoms with Crippen LogP contribution in [0.2, 0.25) is 0 Å². The van der Waals surface area contributed by atoms with Gasteiger partial charge < -0.3 is 4.55 Å². The molecule has 24 heavy (non-hydrogen) atoms. The fourth-order valence-corrected chi connectivity index (χ4v) is 4.33. The van der Waals surface area contributed by atoms with Gasteiger partial charge in [0.2, 0.25) is 0 Å². The maximum atomic E-state index is 13.2. The number of alkyl halides is 3. The van der Waals surface area contributed by atoms with E-state index in [2.05, 4.69) is 6.92 Å². The van der Waals surface area contributed by atoms with E-state index >= 15 is 0 Å². The number of hydrogen-bond acceptors (Lipinski definition) is 3. The second-order valence-electron chi connectivity index (χ2n) is 5.42. The first-order chi connectivity index (χ1) is 11.0. The molecule has 0 saturated heterocycles. The van der Waals surface area contributed by atoms with Crippen LogP contribution in [0.1, 0.15) is 37.5 Å². The molecule has 0 N–H and O–H groups in total. The van der Waals surface area contributed by atoms with Crippen molar-refractivity contribution in [2.45, 2.75) is 44.5 Å². The predicted molar refractivity (Wildman–Crippen MR) is 91.2 cm³/mol. The highest BCUT2D eigenvalue weighted by atomic mass is 32.2. The molecular formula is C16H21F3O3S2. The standard InChI is InChI=1S/C15H18F3S.CH4O3S/c1-2-3-4-5-9-13-11-12-8-6-7-10-14(12)19(13)15(16,17)18;1-5(2,3)4/h6-8,10-11H,2-5,9H2,1H3;1H3,(H,2,3,4)/q+1;/p-1. The number of unbranched alkanes of at least 4 members (excludes halogenated alkanes) is 3. The van der Waals surface area contributed by atoms with Gasteiger partial charge in [-0.15, -0.1) is 13.2 Å². The molecule has 1 unspecified atom stereocenters. The number of hydrogen-bond donors (Lipinski definition) is 0. The summed E-state index contributed by atoms with van der Waals surface area (Å²) in [7, 11) is -5.62. The largest absolute Gasteiger partial charge is 0.748 e. The van der Waals surface area contributed by atoms with Gasteiger partial charge in [0.15, 0.2) is 9.58 Å². The van der Waals surface area contributed by atoms with Crippen molar-refractivity contribution in [1.82, 2.24) is 0 Å². The van der Waals surface area contributed by atoms with Gasteiger partial charge in [-0.25, -0.2) is 8.42 Å². The lowest BCUT2D eigenvalue weighted by Crippen LogP contribution is -1.98. The predicted octanol–water partition coefficient (Wildman–Crippen LogP) is 5.35. The van der Waals surface area contributed by atoms with Gasteiger partial charge in [-0.3, -0.25) is 0 Å². The number of halogens is 3. The number of rotatable bonds is 5. The summed E-state index contributed by atoms with van der Waals surface area (Å²) in [5, 5.41) is 0.744. The van der Waals surface area contributed by atoms with Gasteiger partial charge in [-0.05, 0) is 18.6 Å². The average Bonchev–Trinajstić information content (AvgIpc) is 2.80. The lowest BCUT2D eigenvalue weighted by Gasteiger charge is -2.00. The van der Waals surface area contributed by atoms with Crippen LogP contribution in [0.4, 0.5) is 13.2 Å². The van der Waals surface area contributed by atoms with Crippen molar-refractivity contribution in [1.29, 1.82) is 0 Å². The molecule has 1 aromatic carbocycles. The van der Waals surface area contributed by atoms with Gasteiger partial charge in [0.05, 0.1) is 20.6 Å². The Hall–Kier alpha value is -1.12. The number of fused-ring (bicyclic) bond motifs is 1. The first kappa shape index (κ1) is 20.9. The van der Waals surface area contributed by atoms with E-state index in [0.717, 1.165) is 31.1 Å². The molecular weight excluding hydrogens is 361 g/mol. The normalized spacial score (nSPS) is 12.8. The van der Waals surface area contributed by atoms with Gasteiger partial charge in [-0.1, -0.05) is 38.3 Å². The Morgan fingerprint density at radius 1 is 1.12 bits per heavy atom. The molecule has 1 atom stereocenters. The third kappa shape index (κ3) is 7.19. The van der Waals surface area contributed by atoms with E-state index in [0.29, 0.717) is 22.3 Å². The molecule has 0 fully saturated rings. The number of aryl methyl sites for hydroxylation is 1. The van der Waals surface area contributed by atoms with Crippen LogP contribution >= 0.6 is 10.5 Å². The molecule has 0 radical (unpaired) electrons. The van der Waals surface area contributed by atoms with Gasteiger partial charge >= 0.3 is 5.51 Å². The van der Waals surface area contributed by atoms with Gasteiger partial charge in [0, 0.05) is 24.1 Å². The van der Waals surface area contributed by atoms with Gasteiger partial charge in [0.25, 0.3) is 0 Å². The van der Waals surface area contributed by atoms with Crippen molar-refractivity contribution in [3.05, 3.63) is 35.2 Å². The van der Waals surface area contributed by atoms with Crippen LogP contribution in [0.15, 0.2) is 30.3 Å². The van der Waals surface area contributed by atoms with Crippen molar-refractivity contribution < 1.29 is 26.1 Å². The van der Waals surface area contributed by atoms with E-state index in [9.17, 15) is 13.2 Å². The minimum atomic E-state index is -4.15. The Labute approximate surface area is 143 Å². The number of thiophene rings is 1. The summed E-state index contributed by atoms with van der Waals surface area (Å²) < 4.78 is 67.4. The molecule has 2 rings (SSSR count). The fourth-order valence-electron chi connectivity index (χ4n) is 2.33. The van der Waals surface area contributed by atoms with Crippen molar-refractivity contribution in [3.8, 4) is 0 Å². The fraction of sp³-hybridized carbons (Fsp3) is 0.500. The van der Waals surface area contributed by atoms with E-state index in [1.54, 1.807) is 30.3 Å². The Morgan fingerprint density at radius 2 is 1.71 bits per heavy atom. The molecule has 0 aliphatic rings. The maximum Gasteiger partial charge on any atom is 0.600 e. The summed E-state index contributed by atoms with van der Waals surface area (Å²) in [4.78, 5) is 0.560. The first-order valence-electron chi connectivity index (χ1n) is 7.55. The van der Waals surface area contributed by atoms with E-state index < -0.39 is 26.1 Å². The summed E-state index contributed by atoms with van der Waals surface area (Å²) in [6.45, 7) is 2.10. The third-order valence-corrected chi connectivity index (χ3v) is 5.35. The van der Waals surface area contributed by atoms with Crippen molar-refractivity contribution >= 4 is 30.7 Å². The second-order valence-corrected chi connectivity index (χ2v) is 8.86. The van der Waals surface area contributed by atoms with Crippen LogP contribution in [0.25, 0.3) is 10.1 Å². The molecule has 8 heteroatoms. The average molecular weight is 382 g/mol. The second kappa shape index (κ2) is 8.82. The van der Waals surface area contributed by atoms with Crippen LogP contribution in [0.3, 0.4) is 0 Å². The van der Waals surface area contributed by atoms with E-state index in [4.69, 9.17) is 13.0 Å². The summed E-state index contributed by atoms with van der Waals surface area (Å²) in [5.41, 5.74) is -4.15. The Morgan fingerprint density at radius 3 is 2.25 bits per heavy atom. The molecule has 3 nitrogen and oxygen atoms in total. The van der Waals surface area contributed by atoms with Crippen LogP contribution in [0.5, 0.6) is 0 Å². The quantitative estimate of drug-likeness (QED) is 0.398. The monoisotopic (exact) mass is 382 g/mol. The molecule has 0 bridgehead atoms. The minimum absolute atomic E-state index is 0.445. The lowest BCUT2D eigenvalue weighted by atomic mass is 10.1. The van der Waals surface area contributed by atoms with Gasteiger partial charge in [-0.2, -0.15) is 0 Å². The summed E-state index contributed by atoms with van der Waals surface area (Å²) in [6, 6.07) is 8.63. The third-order valence-electron chi connectivity index (χ3n) is 3.23. The van der Waals surface area contributed by atoms with Crippen LogP contribution in [-0.4, -0.2) is 19.2 Å². The van der Waals surface area contributed by atoms with Crippen molar-refractivity contribution in [2.75, 3.05) is 6.26 Å². The topological polar surface area (TPSA) is 57.2 Å². The zero-order chi connectivity index (χ0) is 18.4. The number of benzene rings is 1. The Kier molecular flexibility index (Phi) is 7.69. The molecule has 0 amide bonds. The highest BCUT2D eigenvalue weighted by molar-refractivity contribution is 7.84. The Bertz CT molecular complexity index is 742. The smallest absolute Gasteiger partial charge is 0.600 e. The summed E-state index contributed by atoms with van der Waals surface area (Å²) in [6.07, 6.45) is 5.24. The van der Waals surface area contributed by atoms with Crippen LogP contribution in [-0.2, 0) is 22.0 Å². The highest BCUT2D eigenvalue weighted by Crippen LogP contribution is 2.51. The molecule has 0 aliphatic carbocycles. The molecule has 1 heterocycles. The lowest BCUT2D eigenvalue weighted by molar-refractivity contribution is -0.0867. The zero-order valence-electron chi connectivity index (χ0n) is 13.6. The maximum absolute atomic E-state index is 13.2. The highest BCUT2D eigenvalue weighted by Gasteiger charge is 2.47. The van der Waals surface area contributed by atoms with E-state index in [1.165, 1.54) is 0 Å². The molecule has 0 spiro atoms. The summed E-state index contributed by atoms with van der Waals surface area (Å²) >= 11 is 0. The molecule has 1 aromatic heterocycles. The molecule has 0 aliphatic heterocycles. The minimum Gasteiger partial charge on any atom is -0.748 e. The SMILES string of the molecule is CCCCCCc1cc2ccccc2[s+]1C(F)(F)F.CS(=O)(=O)[O-]. The summed E-state index contributed by atoms with van der Waals surface area (Å²) in [5.74, 6) is 0. The van der Waals surface area contributed by atoms with Crippen LogP contribution in [0, 0.1) is 0 Å². The van der Waals surface area contributed by atoms with Gasteiger partial charge in [0.1, 0.15) is 0 Å². The molecule has 136 valence electrons. The molecule has 2 aromatic rings. The Balaban J connectivity index is 0.000000505. The van der Waals surface area contributed by atoms with E-state index in [-0.39, 0.29) is 0 Å². The van der Waals surface area contributed by atoms with Crippen LogP contribution < -0.4 is 0 Å². The first-order valence-corrected chi connectivity index (χ1v) is 10.6. The van der Waals surface area contributed by atoms with E-state index in [1.807, 2.05) is 0 Å². The molecule has 0 saturated carbocycles. The van der Waals surface area contributed by atoms with Crippen molar-refractivity contribution in [3.63, 3.8) is 0 Å².